The van der Waals surface area contributed by atoms with E-state index in [4.69, 9.17) is 186 Å². The molecule has 0 nitrogen and oxygen atoms in total. The summed E-state index contributed by atoms with van der Waals surface area (Å²) in [5, 5.41) is 0. The lowest BCUT2D eigenvalue weighted by atomic mass is 8.25. The highest BCUT2D eigenvalue weighted by molar-refractivity contribution is 8.35. The van der Waals surface area contributed by atoms with E-state index in [1.807, 2.05) is 0 Å². The Balaban J connectivity index is 9.31. The highest BCUT2D eigenvalue weighted by Gasteiger charge is 2.59. The second kappa shape index (κ2) is 23.2. The van der Waals surface area contributed by atoms with Gasteiger partial charge in [-0.05, 0) is 326 Å². The molecule has 0 atom stereocenters. The fourth-order valence-electron chi connectivity index (χ4n) is 7.83. The molecule has 48 heteroatoms. The Bertz CT molecular complexity index is 695. The molecule has 0 aromatic rings. The van der Waals surface area contributed by atoms with Gasteiger partial charge >= 0.3 is 0 Å². The average molecular weight is 522 g/mol. The summed E-state index contributed by atoms with van der Waals surface area (Å²) in [7, 11) is 154. The van der Waals surface area contributed by atoms with Crippen molar-refractivity contribution in [3.63, 3.8) is 0 Å². The molecule has 0 aromatic carbocycles. The van der Waals surface area contributed by atoms with Crippen LogP contribution in [0.4, 0.5) is 0 Å². The molecule has 0 heterocycles. The number of hydrogen-bond donors (Lipinski definition) is 0. The number of hydrogen-bond acceptors (Lipinski definition) is 0. The van der Waals surface area contributed by atoms with Gasteiger partial charge in [-0.15, -0.1) is 6.39 Å². The SMILES string of the molecule is [B]B([B])B(B([B])[B])B(B(B([B])[B])B([B])[B])B(B(B(B([B])[B])B([B])[B])B(B([B])[B])B([B])[B])B(B(B([B])[B])B([B])[B])B(B([B])[B])B([B])B([B])[BH3-]. The molecule has 0 aliphatic carbocycles. The van der Waals surface area contributed by atoms with Crippen molar-refractivity contribution in [2.45, 2.75) is 0 Å². The van der Waals surface area contributed by atoms with Crippen molar-refractivity contribution in [3.05, 3.63) is 0 Å². The second-order valence-electron chi connectivity index (χ2n) is 12.9. The summed E-state index contributed by atoms with van der Waals surface area (Å²) in [6, 6.07) is 0. The zero-order chi connectivity index (χ0) is 38.3. The first-order valence-electron chi connectivity index (χ1n) is 15.3. The molecule has 0 saturated heterocycles. The molecule has 0 aliphatic rings. The molecule has 0 rings (SSSR count). The monoisotopic (exact) mass is 531 g/mol. The van der Waals surface area contributed by atoms with Gasteiger partial charge in [0, 0.05) is 0 Å². The van der Waals surface area contributed by atoms with E-state index < -0.39 is 155 Å². The van der Waals surface area contributed by atoms with Crippen LogP contribution in [-0.2, 0) is 0 Å². The first kappa shape index (κ1) is 51.1. The van der Waals surface area contributed by atoms with Gasteiger partial charge in [-0.2, -0.15) is 0 Å². The van der Waals surface area contributed by atoms with Crippen molar-refractivity contribution in [1.29, 1.82) is 0 Å². The fraction of sp³-hybridized carbons (Fsp3) is 0. The van der Waals surface area contributed by atoms with Crippen LogP contribution in [0.5, 0.6) is 0 Å². The Kier molecular flexibility index (Phi) is 24.8. The Morgan fingerprint density at radius 3 is 0.438 bits per heavy atom. The Morgan fingerprint density at radius 2 is 0.312 bits per heavy atom. The normalized spacial score (nSPS) is 9.69. The summed E-state index contributed by atoms with van der Waals surface area (Å²) in [6.45, 7) is 0. The molecule has 0 unspecified atom stereocenters. The first-order valence-corrected chi connectivity index (χ1v) is 15.3. The molecule has 0 aliphatic heterocycles. The van der Waals surface area contributed by atoms with Crippen LogP contribution in [0, 0.1) is 0 Å². The van der Waals surface area contributed by atoms with E-state index in [1.165, 1.54) is 0 Å². The largest absolute Gasteiger partial charge is 0.128 e. The lowest BCUT2D eigenvalue weighted by molar-refractivity contribution is 3.19. The van der Waals surface area contributed by atoms with Gasteiger partial charge in [0.2, 0.25) is 0 Å². The van der Waals surface area contributed by atoms with E-state index in [2.05, 4.69) is 0 Å². The highest BCUT2D eigenvalue weighted by Crippen LogP contribution is 2.21. The summed E-state index contributed by atoms with van der Waals surface area (Å²) < 4.78 is 0. The molecule has 0 bridgehead atoms. The minimum atomic E-state index is -1.28. The molecule has 0 fully saturated rings. The molecule has 148 valence electrons. The van der Waals surface area contributed by atoms with Crippen molar-refractivity contribution in [3.8, 4) is 0 Å². The highest BCUT2D eigenvalue weighted by atomic mass is 13.4. The van der Waals surface area contributed by atoms with Crippen LogP contribution >= 0.6 is 0 Å². The van der Waals surface area contributed by atoms with Gasteiger partial charge < -0.3 is 0 Å². The molecule has 0 N–H and O–H groups in total. The topological polar surface area (TPSA) is 0 Å². The summed E-state index contributed by atoms with van der Waals surface area (Å²) >= 11 is 0. The third-order valence-corrected chi connectivity index (χ3v) is 9.56. The predicted octanol–water partition coefficient (Wildman–Crippen LogP) is -19.1. The van der Waals surface area contributed by atoms with E-state index >= 15 is 0 Å². The van der Waals surface area contributed by atoms with Crippen LogP contribution in [0.15, 0.2) is 0 Å². The van der Waals surface area contributed by atoms with Gasteiger partial charge in [0.25, 0.3) is 0 Å². The van der Waals surface area contributed by atoms with Crippen molar-refractivity contribution in [2.24, 2.45) is 0 Å². The maximum Gasteiger partial charge on any atom is -0.0000000000000000739 e. The Labute approximate surface area is 337 Å². The third kappa shape index (κ3) is 13.7. The molecule has 48 radical (unpaired) electrons. The Morgan fingerprint density at radius 1 is 0.188 bits per heavy atom. The summed E-state index contributed by atoms with van der Waals surface area (Å²) in [5.74, 6) is 0. The van der Waals surface area contributed by atoms with Crippen LogP contribution < -0.4 is 0 Å². The average Bonchev–Trinajstić information content (AvgIpc) is 2.86. The van der Waals surface area contributed by atoms with E-state index in [9.17, 15) is 0 Å². The zero-order valence-corrected chi connectivity index (χ0v) is 27.1. The molecule has 0 aromatic heterocycles. The minimum Gasteiger partial charge on any atom is -0.128 e. The maximum absolute atomic E-state index is 6.84. The van der Waals surface area contributed by atoms with Crippen molar-refractivity contribution >= 4 is 340 Å². The van der Waals surface area contributed by atoms with Gasteiger partial charge in [-0.1, -0.05) is 7.74 Å². The lowest BCUT2D eigenvalue weighted by Gasteiger charge is -2.56. The van der Waals surface area contributed by atoms with Gasteiger partial charge in [-0.25, -0.2) is 0 Å². The summed E-state index contributed by atoms with van der Waals surface area (Å²) in [6.07, 6.45) is -26.7. The Hall–Kier alpha value is 3.12. The van der Waals surface area contributed by atoms with Crippen LogP contribution in [0.2, 0.25) is 0 Å². The van der Waals surface area contributed by atoms with Gasteiger partial charge in [-0.3, -0.25) is 0 Å². The molecule has 0 amide bonds. The first-order chi connectivity index (χ1) is 21.8. The van der Waals surface area contributed by atoms with E-state index in [0.717, 1.165) is 0 Å². The molecular formula is H3B48-. The van der Waals surface area contributed by atoms with Crippen LogP contribution in [0.1, 0.15) is 0 Å². The van der Waals surface area contributed by atoms with E-state index in [0.29, 0.717) is 0 Å². The quantitative estimate of drug-likeness (QED) is 0.124. The van der Waals surface area contributed by atoms with Crippen LogP contribution in [-0.4, -0.2) is 340 Å². The van der Waals surface area contributed by atoms with Gasteiger partial charge in [0.1, 0.15) is 0 Å². The molecule has 0 saturated carbocycles. The van der Waals surface area contributed by atoms with Gasteiger partial charge in [0.15, 0.2) is 0 Å². The second-order valence-corrected chi connectivity index (χ2v) is 12.9. The van der Waals surface area contributed by atoms with Crippen LogP contribution in [0.3, 0.4) is 0 Å². The smallest absolute Gasteiger partial charge is 0.0000000000000000739 e. The van der Waals surface area contributed by atoms with Crippen molar-refractivity contribution in [2.75, 3.05) is 0 Å². The third-order valence-electron chi connectivity index (χ3n) is 9.56. The van der Waals surface area contributed by atoms with Crippen LogP contribution in [0.25, 0.3) is 0 Å². The fourth-order valence-corrected chi connectivity index (χ4v) is 7.83. The lowest BCUT2D eigenvalue weighted by Crippen LogP contribution is -2.94. The molecular weight excluding hydrogens is 519 g/mol. The van der Waals surface area contributed by atoms with Crippen molar-refractivity contribution in [1.82, 2.24) is 0 Å². The molecule has 48 heavy (non-hydrogen) atoms. The van der Waals surface area contributed by atoms with Crippen molar-refractivity contribution < 1.29 is 0 Å². The predicted molar refractivity (Wildman–Crippen MR) is 280 cm³/mol. The van der Waals surface area contributed by atoms with E-state index in [-0.39, 0.29) is 0 Å². The zero-order valence-electron chi connectivity index (χ0n) is 27.1. The summed E-state index contributed by atoms with van der Waals surface area (Å²) in [4.78, 5) is 0. The standard InChI is InChI=1S/B48H3/c1-26(2)38(25)44(37(23)24)47(43(35(19)20)36(21)22)48(45(39(27(3)4)28(5)6)40(29(7)8)30(9)10)46(41(31(11)12)32(13)14)42(33(15)16)34(17)18/h1H3/q-1. The van der Waals surface area contributed by atoms with Gasteiger partial charge in [0.05, 0.1) is 0 Å². The van der Waals surface area contributed by atoms with E-state index in [1.54, 1.807) is 0 Å². The molecule has 0 spiro atoms. The summed E-state index contributed by atoms with van der Waals surface area (Å²) in [5.41, 5.74) is 0. The minimum absolute atomic E-state index is 0.504. The maximum atomic E-state index is 6.84. The number of rotatable bonds is 22.